The Morgan fingerprint density at radius 2 is 1.75 bits per heavy atom. The number of carbonyl (C=O) groups excluding carboxylic acids is 1. The Hall–Kier alpha value is -4.16. The van der Waals surface area contributed by atoms with Crippen molar-refractivity contribution < 1.29 is 9.53 Å². The van der Waals surface area contributed by atoms with E-state index in [1.807, 2.05) is 44.2 Å². The van der Waals surface area contributed by atoms with Crippen LogP contribution in [0.1, 0.15) is 47.2 Å². The smallest absolute Gasteiger partial charge is 0.338 e. The lowest BCUT2D eigenvalue weighted by molar-refractivity contribution is 0.0526. The molecule has 5 aromatic rings. The number of fused-ring (bicyclic) bond motifs is 1. The van der Waals surface area contributed by atoms with E-state index < -0.39 is 0 Å². The van der Waals surface area contributed by atoms with Gasteiger partial charge in [-0.05, 0) is 73.6 Å². The van der Waals surface area contributed by atoms with E-state index >= 15 is 0 Å². The molecule has 0 amide bonds. The van der Waals surface area contributed by atoms with Gasteiger partial charge in [0.2, 0.25) is 0 Å². The van der Waals surface area contributed by atoms with Gasteiger partial charge in [-0.1, -0.05) is 60.1 Å². The van der Waals surface area contributed by atoms with Crippen LogP contribution in [0.2, 0.25) is 5.02 Å². The summed E-state index contributed by atoms with van der Waals surface area (Å²) in [6, 6.07) is 24.4. The Balaban J connectivity index is 1.33. The van der Waals surface area contributed by atoms with Gasteiger partial charge in [-0.2, -0.15) is 0 Å². The predicted octanol–water partition coefficient (Wildman–Crippen LogP) is 7.61. The van der Waals surface area contributed by atoms with Crippen LogP contribution in [-0.4, -0.2) is 40.2 Å². The van der Waals surface area contributed by atoms with Crippen molar-refractivity contribution in [2.45, 2.75) is 32.6 Å². The molecule has 0 N–H and O–H groups in total. The van der Waals surface area contributed by atoms with Gasteiger partial charge in [-0.15, -0.1) is 0 Å². The van der Waals surface area contributed by atoms with Gasteiger partial charge in [0.1, 0.15) is 12.1 Å². The number of piperidine rings is 1. The molecular weight excluding hydrogens is 520 g/mol. The van der Waals surface area contributed by atoms with E-state index in [0.717, 1.165) is 70.2 Å². The second-order valence-corrected chi connectivity index (χ2v) is 10.6. The summed E-state index contributed by atoms with van der Waals surface area (Å²) >= 11 is 6.52. The third kappa shape index (κ3) is 4.95. The number of aryl methyl sites for hydroxylation is 1. The topological polar surface area (TPSA) is 60.2 Å². The number of aromatic nitrogens is 3. The van der Waals surface area contributed by atoms with E-state index in [1.165, 1.54) is 5.56 Å². The number of anilines is 1. The standard InChI is InChI=1S/C33H31ClN4O2/c1-3-40-33(39)26-12-10-23(11-13-26)24-15-17-37(18-16-24)31-30-28(25-7-5-4-6-8-25)20-38(32(30)36-21-35-31)27-14-9-22(2)29(34)19-27/h4-14,19-21,24H,3,15-18H2,1-2H3. The van der Waals surface area contributed by atoms with Gasteiger partial charge >= 0.3 is 5.97 Å². The second-order valence-electron chi connectivity index (χ2n) is 10.2. The van der Waals surface area contributed by atoms with Crippen molar-refractivity contribution in [1.82, 2.24) is 14.5 Å². The lowest BCUT2D eigenvalue weighted by atomic mass is 9.89. The Kier molecular flexibility index (Phi) is 7.27. The summed E-state index contributed by atoms with van der Waals surface area (Å²) in [5.74, 6) is 1.11. The van der Waals surface area contributed by atoms with Gasteiger partial charge in [0.15, 0.2) is 5.65 Å². The highest BCUT2D eigenvalue weighted by atomic mass is 35.5. The largest absolute Gasteiger partial charge is 0.462 e. The van der Waals surface area contributed by atoms with Crippen LogP contribution in [0.25, 0.3) is 27.8 Å². The fraction of sp³-hybridized carbons (Fsp3) is 0.242. The number of nitrogens with zero attached hydrogens (tertiary/aromatic N) is 4. The summed E-state index contributed by atoms with van der Waals surface area (Å²) in [4.78, 5) is 24.0. The van der Waals surface area contributed by atoms with Gasteiger partial charge in [0.25, 0.3) is 0 Å². The van der Waals surface area contributed by atoms with Gasteiger partial charge in [-0.3, -0.25) is 0 Å². The van der Waals surface area contributed by atoms with Crippen LogP contribution in [0.5, 0.6) is 0 Å². The van der Waals surface area contributed by atoms with Crippen LogP contribution in [0, 0.1) is 6.92 Å². The summed E-state index contributed by atoms with van der Waals surface area (Å²) in [5, 5.41) is 1.77. The maximum Gasteiger partial charge on any atom is 0.338 e. The summed E-state index contributed by atoms with van der Waals surface area (Å²) in [6.07, 6.45) is 5.81. The molecule has 3 aromatic carbocycles. The first-order chi connectivity index (χ1) is 19.5. The summed E-state index contributed by atoms with van der Waals surface area (Å²) < 4.78 is 7.25. The Bertz CT molecular complexity index is 1660. The normalized spacial score (nSPS) is 14.0. The molecule has 1 saturated heterocycles. The van der Waals surface area contributed by atoms with Crippen LogP contribution in [0.3, 0.4) is 0 Å². The molecule has 1 aliphatic heterocycles. The number of ether oxygens (including phenoxy) is 1. The fourth-order valence-corrected chi connectivity index (χ4v) is 5.76. The first kappa shape index (κ1) is 26.1. The zero-order valence-electron chi connectivity index (χ0n) is 22.7. The first-order valence-electron chi connectivity index (χ1n) is 13.7. The number of esters is 1. The number of halogens is 1. The minimum absolute atomic E-state index is 0.272. The molecule has 6 rings (SSSR count). The van der Waals surface area contributed by atoms with Crippen LogP contribution in [0.4, 0.5) is 5.82 Å². The Morgan fingerprint density at radius 3 is 2.45 bits per heavy atom. The Labute approximate surface area is 239 Å². The molecule has 0 spiro atoms. The summed E-state index contributed by atoms with van der Waals surface area (Å²) in [7, 11) is 0. The van der Waals surface area contributed by atoms with E-state index in [0.29, 0.717) is 18.1 Å². The molecule has 0 radical (unpaired) electrons. The third-order valence-electron chi connectivity index (χ3n) is 7.77. The molecule has 0 unspecified atom stereocenters. The molecular formula is C33H31ClN4O2. The number of hydrogen-bond donors (Lipinski definition) is 0. The fourth-order valence-electron chi connectivity index (χ4n) is 5.58. The minimum atomic E-state index is -0.272. The highest BCUT2D eigenvalue weighted by Crippen LogP contribution is 2.39. The lowest BCUT2D eigenvalue weighted by Gasteiger charge is -2.33. The molecule has 1 fully saturated rings. The Morgan fingerprint density at radius 1 is 1.00 bits per heavy atom. The monoisotopic (exact) mass is 550 g/mol. The molecule has 6 nitrogen and oxygen atoms in total. The number of hydrogen-bond acceptors (Lipinski definition) is 5. The quantitative estimate of drug-likeness (QED) is 0.204. The minimum Gasteiger partial charge on any atom is -0.462 e. The average Bonchev–Trinajstić information content (AvgIpc) is 3.39. The molecule has 0 saturated carbocycles. The van der Waals surface area contributed by atoms with Crippen molar-refractivity contribution in [3.8, 4) is 16.8 Å². The lowest BCUT2D eigenvalue weighted by Crippen LogP contribution is -2.33. The highest BCUT2D eigenvalue weighted by molar-refractivity contribution is 6.31. The van der Waals surface area contributed by atoms with Crippen molar-refractivity contribution in [1.29, 1.82) is 0 Å². The van der Waals surface area contributed by atoms with Crippen molar-refractivity contribution in [2.75, 3.05) is 24.6 Å². The first-order valence-corrected chi connectivity index (χ1v) is 14.1. The number of benzene rings is 3. The average molecular weight is 551 g/mol. The van der Waals surface area contributed by atoms with Crippen molar-refractivity contribution in [2.24, 2.45) is 0 Å². The molecule has 202 valence electrons. The number of rotatable bonds is 6. The van der Waals surface area contributed by atoms with Crippen molar-refractivity contribution >= 4 is 34.4 Å². The van der Waals surface area contributed by atoms with E-state index in [9.17, 15) is 4.79 Å². The van der Waals surface area contributed by atoms with E-state index in [1.54, 1.807) is 6.33 Å². The highest BCUT2D eigenvalue weighted by Gasteiger charge is 2.26. The summed E-state index contributed by atoms with van der Waals surface area (Å²) in [5.41, 5.74) is 6.94. The molecule has 3 heterocycles. The van der Waals surface area contributed by atoms with E-state index in [2.05, 4.69) is 58.1 Å². The third-order valence-corrected chi connectivity index (χ3v) is 8.18. The number of carbonyl (C=O) groups is 1. The molecule has 0 aliphatic carbocycles. The van der Waals surface area contributed by atoms with Gasteiger partial charge < -0.3 is 14.2 Å². The molecule has 0 bridgehead atoms. The molecule has 7 heteroatoms. The zero-order chi connectivity index (χ0) is 27.6. The van der Waals surface area contributed by atoms with Gasteiger partial charge in [0.05, 0.1) is 17.6 Å². The molecule has 40 heavy (non-hydrogen) atoms. The SMILES string of the molecule is CCOC(=O)c1ccc(C2CCN(c3ncnc4c3c(-c3ccccc3)cn4-c3ccc(C)c(Cl)c3)CC2)cc1. The van der Waals surface area contributed by atoms with Crippen molar-refractivity contribution in [3.05, 3.63) is 107 Å². The van der Waals surface area contributed by atoms with Gasteiger partial charge in [0, 0.05) is 35.6 Å². The summed E-state index contributed by atoms with van der Waals surface area (Å²) in [6.45, 7) is 5.97. The van der Waals surface area contributed by atoms with E-state index in [-0.39, 0.29) is 5.97 Å². The van der Waals surface area contributed by atoms with Gasteiger partial charge in [-0.25, -0.2) is 14.8 Å². The molecule has 0 atom stereocenters. The maximum absolute atomic E-state index is 12.0. The second kappa shape index (κ2) is 11.1. The predicted molar refractivity (Wildman–Crippen MR) is 161 cm³/mol. The van der Waals surface area contributed by atoms with Crippen LogP contribution < -0.4 is 4.90 Å². The van der Waals surface area contributed by atoms with Crippen LogP contribution in [-0.2, 0) is 4.74 Å². The zero-order valence-corrected chi connectivity index (χ0v) is 23.4. The van der Waals surface area contributed by atoms with E-state index in [4.69, 9.17) is 26.3 Å². The van der Waals surface area contributed by atoms with Crippen LogP contribution >= 0.6 is 11.6 Å². The molecule has 2 aromatic heterocycles. The van der Waals surface area contributed by atoms with Crippen LogP contribution in [0.15, 0.2) is 85.3 Å². The molecule has 1 aliphatic rings. The maximum atomic E-state index is 12.0. The van der Waals surface area contributed by atoms with Crippen molar-refractivity contribution in [3.63, 3.8) is 0 Å².